The van der Waals surface area contributed by atoms with Crippen molar-refractivity contribution in [2.75, 3.05) is 20.2 Å². The number of hydrogen-bond donors (Lipinski definition) is 2. The van der Waals surface area contributed by atoms with E-state index in [0.717, 1.165) is 25.9 Å². The average molecular weight is 240 g/mol. The summed E-state index contributed by atoms with van der Waals surface area (Å²) in [5, 5.41) is 8.19. The highest BCUT2D eigenvalue weighted by molar-refractivity contribution is 7.12. The Bertz CT molecular complexity index is 359. The van der Waals surface area contributed by atoms with Gasteiger partial charge in [0.1, 0.15) is 10.6 Å². The van der Waals surface area contributed by atoms with Gasteiger partial charge in [0.15, 0.2) is 0 Å². The predicted molar refractivity (Wildman–Crippen MR) is 64.2 cm³/mol. The lowest BCUT2D eigenvalue weighted by atomic mass is 10.1. The number of rotatable bonds is 3. The summed E-state index contributed by atoms with van der Waals surface area (Å²) < 4.78 is 5.13. The van der Waals surface area contributed by atoms with Crippen LogP contribution in [0.25, 0.3) is 0 Å². The zero-order valence-electron chi connectivity index (χ0n) is 9.29. The van der Waals surface area contributed by atoms with E-state index in [4.69, 9.17) is 4.74 Å². The molecule has 1 fully saturated rings. The van der Waals surface area contributed by atoms with E-state index in [1.54, 1.807) is 7.11 Å². The molecular formula is C11H16N2O2S. The van der Waals surface area contributed by atoms with E-state index in [1.807, 2.05) is 11.4 Å². The lowest BCUT2D eigenvalue weighted by Crippen LogP contribution is -2.42. The number of hydrogen-bond acceptors (Lipinski definition) is 4. The second kappa shape index (κ2) is 5.32. The second-order valence-corrected chi connectivity index (χ2v) is 4.73. The van der Waals surface area contributed by atoms with Gasteiger partial charge in [-0.1, -0.05) is 0 Å². The van der Waals surface area contributed by atoms with E-state index >= 15 is 0 Å². The Morgan fingerprint density at radius 2 is 2.31 bits per heavy atom. The number of carbonyl (C=O) groups is 1. The van der Waals surface area contributed by atoms with Crippen molar-refractivity contribution in [3.8, 4) is 5.75 Å². The van der Waals surface area contributed by atoms with Crippen molar-refractivity contribution >= 4 is 17.2 Å². The van der Waals surface area contributed by atoms with E-state index in [-0.39, 0.29) is 5.91 Å². The Balaban J connectivity index is 1.96. The number of piperidine rings is 1. The third-order valence-electron chi connectivity index (χ3n) is 2.73. The lowest BCUT2D eigenvalue weighted by molar-refractivity contribution is 0.0931. The molecular weight excluding hydrogens is 224 g/mol. The molecule has 88 valence electrons. The van der Waals surface area contributed by atoms with Gasteiger partial charge in [-0.25, -0.2) is 0 Å². The molecule has 0 radical (unpaired) electrons. The Morgan fingerprint density at radius 3 is 3.00 bits per heavy atom. The monoisotopic (exact) mass is 240 g/mol. The number of methoxy groups -OCH3 is 1. The first kappa shape index (κ1) is 11.4. The molecule has 1 aliphatic rings. The van der Waals surface area contributed by atoms with E-state index in [1.165, 1.54) is 11.3 Å². The summed E-state index contributed by atoms with van der Waals surface area (Å²) >= 11 is 1.42. The van der Waals surface area contributed by atoms with Gasteiger partial charge in [-0.05, 0) is 37.4 Å². The van der Waals surface area contributed by atoms with Crippen LogP contribution in [0, 0.1) is 0 Å². The molecule has 0 saturated carbocycles. The molecule has 0 unspecified atom stereocenters. The van der Waals surface area contributed by atoms with Crippen molar-refractivity contribution in [1.29, 1.82) is 0 Å². The van der Waals surface area contributed by atoms with Crippen LogP contribution in [-0.2, 0) is 0 Å². The van der Waals surface area contributed by atoms with Crippen LogP contribution in [0.4, 0.5) is 0 Å². The van der Waals surface area contributed by atoms with Gasteiger partial charge >= 0.3 is 0 Å². The maximum atomic E-state index is 12.0. The fraction of sp³-hybridized carbons (Fsp3) is 0.545. The highest BCUT2D eigenvalue weighted by Crippen LogP contribution is 2.24. The van der Waals surface area contributed by atoms with Crippen molar-refractivity contribution in [3.05, 3.63) is 16.3 Å². The van der Waals surface area contributed by atoms with Crippen LogP contribution in [0.2, 0.25) is 0 Å². The minimum Gasteiger partial charge on any atom is -0.495 e. The molecule has 2 N–H and O–H groups in total. The lowest BCUT2D eigenvalue weighted by Gasteiger charge is -2.23. The van der Waals surface area contributed by atoms with Gasteiger partial charge < -0.3 is 15.4 Å². The molecule has 5 heteroatoms. The maximum Gasteiger partial charge on any atom is 0.265 e. The molecule has 1 saturated heterocycles. The van der Waals surface area contributed by atoms with Crippen LogP contribution in [0.3, 0.4) is 0 Å². The van der Waals surface area contributed by atoms with Crippen molar-refractivity contribution in [2.45, 2.75) is 18.9 Å². The average Bonchev–Trinajstić information content (AvgIpc) is 2.78. The zero-order chi connectivity index (χ0) is 11.4. The molecule has 1 amide bonds. The van der Waals surface area contributed by atoms with Crippen molar-refractivity contribution in [1.82, 2.24) is 10.6 Å². The minimum atomic E-state index is -0.0150. The van der Waals surface area contributed by atoms with Crippen LogP contribution >= 0.6 is 11.3 Å². The van der Waals surface area contributed by atoms with Gasteiger partial charge in [-0.3, -0.25) is 4.79 Å². The topological polar surface area (TPSA) is 50.4 Å². The molecule has 2 heterocycles. The molecule has 0 aromatic carbocycles. The number of nitrogens with one attached hydrogen (secondary N) is 2. The van der Waals surface area contributed by atoms with Crippen molar-refractivity contribution in [3.63, 3.8) is 0 Å². The van der Waals surface area contributed by atoms with Crippen molar-refractivity contribution < 1.29 is 9.53 Å². The normalized spacial score (nSPS) is 17.1. The molecule has 16 heavy (non-hydrogen) atoms. The third-order valence-corrected chi connectivity index (χ3v) is 3.62. The van der Waals surface area contributed by atoms with E-state index in [9.17, 15) is 4.79 Å². The predicted octanol–water partition coefficient (Wildman–Crippen LogP) is 1.24. The largest absolute Gasteiger partial charge is 0.495 e. The van der Waals surface area contributed by atoms with Gasteiger partial charge in [0.05, 0.1) is 7.11 Å². The molecule has 1 aliphatic heterocycles. The summed E-state index contributed by atoms with van der Waals surface area (Å²) in [5.41, 5.74) is 0. The van der Waals surface area contributed by atoms with Gasteiger partial charge in [0.2, 0.25) is 0 Å². The number of carbonyl (C=O) groups excluding carboxylic acids is 1. The van der Waals surface area contributed by atoms with Crippen LogP contribution in [0.5, 0.6) is 5.75 Å². The summed E-state index contributed by atoms with van der Waals surface area (Å²) in [6, 6.07) is 2.11. The van der Waals surface area contributed by atoms with Crippen LogP contribution in [0.1, 0.15) is 22.5 Å². The van der Waals surface area contributed by atoms with E-state index in [0.29, 0.717) is 16.7 Å². The Morgan fingerprint density at radius 1 is 1.56 bits per heavy atom. The molecule has 1 aromatic rings. The summed E-state index contributed by atoms with van der Waals surface area (Å²) in [6.07, 6.45) is 2.00. The summed E-state index contributed by atoms with van der Waals surface area (Å²) in [5.74, 6) is 0.648. The molecule has 0 aliphatic carbocycles. The van der Waals surface area contributed by atoms with Crippen LogP contribution in [-0.4, -0.2) is 32.1 Å². The molecule has 0 bridgehead atoms. The van der Waals surface area contributed by atoms with Crippen molar-refractivity contribution in [2.24, 2.45) is 0 Å². The summed E-state index contributed by atoms with van der Waals surface area (Å²) in [4.78, 5) is 12.6. The molecule has 2 rings (SSSR count). The first-order chi connectivity index (χ1) is 7.81. The van der Waals surface area contributed by atoms with Gasteiger partial charge in [-0.15, -0.1) is 11.3 Å². The Hall–Kier alpha value is -1.07. The first-order valence-electron chi connectivity index (χ1n) is 5.44. The quantitative estimate of drug-likeness (QED) is 0.835. The fourth-order valence-electron chi connectivity index (χ4n) is 1.84. The maximum absolute atomic E-state index is 12.0. The number of ether oxygens (including phenoxy) is 1. The standard InChI is InChI=1S/C11H16N2O2S/c1-15-9-4-7-16-10(9)11(14)13-8-2-5-12-6-3-8/h4,7-8,12H,2-3,5-6H2,1H3,(H,13,14). The van der Waals surface area contributed by atoms with E-state index < -0.39 is 0 Å². The Kier molecular flexibility index (Phi) is 3.79. The van der Waals surface area contributed by atoms with Crippen LogP contribution in [0.15, 0.2) is 11.4 Å². The van der Waals surface area contributed by atoms with E-state index in [2.05, 4.69) is 10.6 Å². The number of thiophene rings is 1. The Labute approximate surface area is 99.0 Å². The van der Waals surface area contributed by atoms with Gasteiger partial charge in [0.25, 0.3) is 5.91 Å². The van der Waals surface area contributed by atoms with Gasteiger partial charge in [-0.2, -0.15) is 0 Å². The minimum absolute atomic E-state index is 0.0150. The molecule has 1 aromatic heterocycles. The first-order valence-corrected chi connectivity index (χ1v) is 6.32. The highest BCUT2D eigenvalue weighted by Gasteiger charge is 2.19. The second-order valence-electron chi connectivity index (χ2n) is 3.82. The fourth-order valence-corrected chi connectivity index (χ4v) is 2.60. The highest BCUT2D eigenvalue weighted by atomic mass is 32.1. The molecule has 0 spiro atoms. The summed E-state index contributed by atoms with van der Waals surface area (Å²) in [6.45, 7) is 1.96. The van der Waals surface area contributed by atoms with Crippen LogP contribution < -0.4 is 15.4 Å². The SMILES string of the molecule is COc1ccsc1C(=O)NC1CCNCC1. The smallest absolute Gasteiger partial charge is 0.265 e. The molecule has 4 nitrogen and oxygen atoms in total. The zero-order valence-corrected chi connectivity index (χ0v) is 10.1. The molecule has 0 atom stereocenters. The van der Waals surface area contributed by atoms with Gasteiger partial charge in [0, 0.05) is 6.04 Å². The third kappa shape index (κ3) is 2.54. The number of amides is 1. The summed E-state index contributed by atoms with van der Waals surface area (Å²) in [7, 11) is 1.59.